The lowest BCUT2D eigenvalue weighted by Crippen LogP contribution is -2.40. The Bertz CT molecular complexity index is 375. The van der Waals surface area contributed by atoms with Gasteiger partial charge >= 0.3 is 0 Å². The molecule has 0 saturated carbocycles. The summed E-state index contributed by atoms with van der Waals surface area (Å²) in [6, 6.07) is 9.97. The molecule has 0 radical (unpaired) electrons. The summed E-state index contributed by atoms with van der Waals surface area (Å²) >= 11 is 0. The highest BCUT2D eigenvalue weighted by atomic mass is 16.5. The molecule has 0 bridgehead atoms. The first-order valence-electron chi connectivity index (χ1n) is 6.42. The van der Waals surface area contributed by atoms with Crippen LogP contribution in [0.3, 0.4) is 0 Å². The Kier molecular flexibility index (Phi) is 4.73. The van der Waals surface area contributed by atoms with Crippen molar-refractivity contribution in [2.45, 2.75) is 25.0 Å². The Morgan fingerprint density at radius 1 is 1.44 bits per heavy atom. The summed E-state index contributed by atoms with van der Waals surface area (Å²) in [5.41, 5.74) is 1.11. The zero-order valence-electron chi connectivity index (χ0n) is 10.7. The van der Waals surface area contributed by atoms with Crippen LogP contribution < -0.4 is 10.6 Å². The van der Waals surface area contributed by atoms with Gasteiger partial charge in [0.25, 0.3) is 0 Å². The van der Waals surface area contributed by atoms with Gasteiger partial charge in [0.15, 0.2) is 0 Å². The molecule has 1 fully saturated rings. The Morgan fingerprint density at radius 2 is 2.22 bits per heavy atom. The minimum atomic E-state index is -0.0467. The van der Waals surface area contributed by atoms with Crippen LogP contribution in [0.1, 0.15) is 24.4 Å². The first-order chi connectivity index (χ1) is 8.81. The highest BCUT2D eigenvalue weighted by Crippen LogP contribution is 2.26. The number of amides is 1. The number of likely N-dealkylation sites (N-methyl/N-ethyl adjacent to an activating group) is 1. The summed E-state index contributed by atoms with van der Waals surface area (Å²) < 4.78 is 5.71. The van der Waals surface area contributed by atoms with Gasteiger partial charge in [-0.25, -0.2) is 0 Å². The second-order valence-electron chi connectivity index (χ2n) is 4.54. The fraction of sp³-hybridized carbons (Fsp3) is 0.500. The first kappa shape index (κ1) is 13.1. The predicted octanol–water partition coefficient (Wildman–Crippen LogP) is 1.24. The predicted molar refractivity (Wildman–Crippen MR) is 70.2 cm³/mol. The molecule has 1 amide bonds. The highest BCUT2D eigenvalue weighted by molar-refractivity contribution is 5.78. The Hall–Kier alpha value is -1.39. The summed E-state index contributed by atoms with van der Waals surface area (Å²) in [5, 5.41) is 5.91. The maximum atomic E-state index is 11.8. The fourth-order valence-electron chi connectivity index (χ4n) is 2.30. The van der Waals surface area contributed by atoms with Crippen molar-refractivity contribution in [2.75, 3.05) is 20.2 Å². The summed E-state index contributed by atoms with van der Waals surface area (Å²) in [5.74, 6) is 0.00172. The van der Waals surface area contributed by atoms with E-state index < -0.39 is 0 Å². The van der Waals surface area contributed by atoms with Crippen molar-refractivity contribution in [3.05, 3.63) is 35.9 Å². The fourth-order valence-corrected chi connectivity index (χ4v) is 2.30. The van der Waals surface area contributed by atoms with Crippen LogP contribution in [-0.2, 0) is 9.53 Å². The molecule has 1 heterocycles. The van der Waals surface area contributed by atoms with Crippen LogP contribution in [0.15, 0.2) is 30.3 Å². The van der Waals surface area contributed by atoms with Crippen LogP contribution in [0.5, 0.6) is 0 Å². The van der Waals surface area contributed by atoms with E-state index in [1.165, 1.54) is 0 Å². The standard InChI is InChI=1S/C14H20N2O2/c1-15-10-13(17)16-14(12-8-5-9-18-12)11-6-3-2-4-7-11/h2-4,6-7,12,14-15H,5,8-10H2,1H3,(H,16,17). The van der Waals surface area contributed by atoms with E-state index in [1.54, 1.807) is 7.05 Å². The number of carbonyl (C=O) groups excluding carboxylic acids is 1. The smallest absolute Gasteiger partial charge is 0.234 e. The largest absolute Gasteiger partial charge is 0.376 e. The average molecular weight is 248 g/mol. The molecular weight excluding hydrogens is 228 g/mol. The van der Waals surface area contributed by atoms with Gasteiger partial charge in [-0.05, 0) is 25.5 Å². The molecule has 0 spiro atoms. The molecule has 2 atom stereocenters. The molecule has 98 valence electrons. The van der Waals surface area contributed by atoms with E-state index in [1.807, 2.05) is 30.3 Å². The maximum Gasteiger partial charge on any atom is 0.234 e. The minimum absolute atomic E-state index is 0.00172. The third kappa shape index (κ3) is 3.31. The van der Waals surface area contributed by atoms with Crippen molar-refractivity contribution in [3.8, 4) is 0 Å². The topological polar surface area (TPSA) is 50.4 Å². The van der Waals surface area contributed by atoms with E-state index in [0.29, 0.717) is 6.54 Å². The number of hydrogen-bond acceptors (Lipinski definition) is 3. The van der Waals surface area contributed by atoms with Crippen LogP contribution in [0.25, 0.3) is 0 Å². The van der Waals surface area contributed by atoms with Gasteiger partial charge in [0.05, 0.1) is 18.7 Å². The Balaban J connectivity index is 2.10. The van der Waals surface area contributed by atoms with E-state index in [2.05, 4.69) is 10.6 Å². The second kappa shape index (κ2) is 6.52. The molecule has 1 saturated heterocycles. The molecule has 1 aromatic carbocycles. The number of ether oxygens (including phenoxy) is 1. The number of rotatable bonds is 5. The number of hydrogen-bond donors (Lipinski definition) is 2. The normalized spacial score (nSPS) is 20.6. The maximum absolute atomic E-state index is 11.8. The van der Waals surface area contributed by atoms with Crippen molar-refractivity contribution >= 4 is 5.91 Å². The van der Waals surface area contributed by atoms with Gasteiger partial charge in [-0.1, -0.05) is 30.3 Å². The molecule has 0 aromatic heterocycles. The second-order valence-corrected chi connectivity index (χ2v) is 4.54. The van der Waals surface area contributed by atoms with E-state index >= 15 is 0 Å². The summed E-state index contributed by atoms with van der Waals surface area (Å²) in [6.45, 7) is 1.12. The number of nitrogens with one attached hydrogen (secondary N) is 2. The van der Waals surface area contributed by atoms with Crippen molar-refractivity contribution in [2.24, 2.45) is 0 Å². The van der Waals surface area contributed by atoms with Crippen molar-refractivity contribution < 1.29 is 9.53 Å². The van der Waals surface area contributed by atoms with Crippen molar-refractivity contribution in [1.29, 1.82) is 0 Å². The average Bonchev–Trinajstić information content (AvgIpc) is 2.91. The van der Waals surface area contributed by atoms with E-state index in [4.69, 9.17) is 4.74 Å². The lowest BCUT2D eigenvalue weighted by Gasteiger charge is -2.24. The van der Waals surface area contributed by atoms with Gasteiger partial charge in [0.1, 0.15) is 0 Å². The van der Waals surface area contributed by atoms with Crippen molar-refractivity contribution in [1.82, 2.24) is 10.6 Å². The lowest BCUT2D eigenvalue weighted by atomic mass is 9.99. The molecule has 2 unspecified atom stereocenters. The van der Waals surface area contributed by atoms with Crippen molar-refractivity contribution in [3.63, 3.8) is 0 Å². The number of carbonyl (C=O) groups is 1. The SMILES string of the molecule is CNCC(=O)NC(c1ccccc1)C1CCCO1. The summed E-state index contributed by atoms with van der Waals surface area (Å²) in [7, 11) is 1.77. The van der Waals surface area contributed by atoms with Gasteiger partial charge < -0.3 is 15.4 Å². The molecule has 2 N–H and O–H groups in total. The molecule has 2 rings (SSSR count). The minimum Gasteiger partial charge on any atom is -0.376 e. The monoisotopic (exact) mass is 248 g/mol. The third-order valence-electron chi connectivity index (χ3n) is 3.15. The van der Waals surface area contributed by atoms with Crippen LogP contribution in [0.4, 0.5) is 0 Å². The van der Waals surface area contributed by atoms with Gasteiger partial charge in [-0.3, -0.25) is 4.79 Å². The van der Waals surface area contributed by atoms with Gasteiger partial charge in [-0.15, -0.1) is 0 Å². The molecule has 18 heavy (non-hydrogen) atoms. The molecule has 1 aromatic rings. The number of benzene rings is 1. The summed E-state index contributed by atoms with van der Waals surface area (Å²) in [6.07, 6.45) is 2.16. The van der Waals surface area contributed by atoms with Crippen LogP contribution in [0.2, 0.25) is 0 Å². The highest BCUT2D eigenvalue weighted by Gasteiger charge is 2.28. The van der Waals surface area contributed by atoms with Crippen LogP contribution in [-0.4, -0.2) is 32.2 Å². The molecule has 1 aliphatic heterocycles. The van der Waals surface area contributed by atoms with E-state index in [9.17, 15) is 4.79 Å². The van der Waals surface area contributed by atoms with Gasteiger partial charge in [-0.2, -0.15) is 0 Å². The molecule has 4 heteroatoms. The summed E-state index contributed by atoms with van der Waals surface area (Å²) in [4.78, 5) is 11.8. The third-order valence-corrected chi connectivity index (χ3v) is 3.15. The van der Waals surface area contributed by atoms with Crippen LogP contribution >= 0.6 is 0 Å². The Morgan fingerprint density at radius 3 is 2.83 bits per heavy atom. The van der Waals surface area contributed by atoms with Crippen LogP contribution in [0, 0.1) is 0 Å². The van der Waals surface area contributed by atoms with Gasteiger partial charge in [0, 0.05) is 6.61 Å². The first-order valence-corrected chi connectivity index (χ1v) is 6.42. The molecular formula is C14H20N2O2. The molecule has 0 aliphatic carbocycles. The zero-order valence-corrected chi connectivity index (χ0v) is 10.7. The lowest BCUT2D eigenvalue weighted by molar-refractivity contribution is -0.121. The van der Waals surface area contributed by atoms with E-state index in [-0.39, 0.29) is 18.1 Å². The van der Waals surface area contributed by atoms with E-state index in [0.717, 1.165) is 25.0 Å². The molecule has 4 nitrogen and oxygen atoms in total. The molecule has 1 aliphatic rings. The Labute approximate surface area is 108 Å². The zero-order chi connectivity index (χ0) is 12.8. The van der Waals surface area contributed by atoms with Gasteiger partial charge in [0.2, 0.25) is 5.91 Å². The quantitative estimate of drug-likeness (QED) is 0.824.